The highest BCUT2D eigenvalue weighted by molar-refractivity contribution is 5.88. The maximum absolute atomic E-state index is 11.1. The zero-order valence-electron chi connectivity index (χ0n) is 14.8. The number of carboxylic acid groups (broad SMARTS) is 1. The van der Waals surface area contributed by atoms with Crippen molar-refractivity contribution in [2.75, 3.05) is 0 Å². The molecule has 0 aliphatic heterocycles. The van der Waals surface area contributed by atoms with Gasteiger partial charge in [-0.25, -0.2) is 9.78 Å². The van der Waals surface area contributed by atoms with Crippen LogP contribution in [0.3, 0.4) is 0 Å². The molecule has 0 amide bonds. The number of aromatic nitrogens is 2. The third kappa shape index (κ3) is 3.53. The maximum Gasteiger partial charge on any atom is 0.335 e. The Hall–Kier alpha value is -3.60. The second kappa shape index (κ2) is 6.96. The number of carbonyl (C=O) groups is 1. The van der Waals surface area contributed by atoms with Gasteiger partial charge in [-0.1, -0.05) is 30.3 Å². The zero-order chi connectivity index (χ0) is 18.8. The summed E-state index contributed by atoms with van der Waals surface area (Å²) in [5.41, 5.74) is 4.71. The number of carboxylic acids is 1. The Bertz CT molecular complexity index is 1120. The van der Waals surface area contributed by atoms with Gasteiger partial charge in [0.25, 0.3) is 0 Å². The van der Waals surface area contributed by atoms with Crippen LogP contribution in [0.1, 0.15) is 21.5 Å². The van der Waals surface area contributed by atoms with Gasteiger partial charge in [-0.2, -0.15) is 0 Å². The topological polar surface area (TPSA) is 63.8 Å². The Morgan fingerprint density at radius 2 is 1.93 bits per heavy atom. The predicted octanol–water partition coefficient (Wildman–Crippen LogP) is 4.59. The lowest BCUT2D eigenvalue weighted by atomic mass is 10.1. The minimum atomic E-state index is -0.960. The number of aromatic carboxylic acids is 1. The van der Waals surface area contributed by atoms with Crippen LogP contribution >= 0.6 is 0 Å². The molecule has 0 aliphatic rings. The van der Waals surface area contributed by atoms with Crippen molar-refractivity contribution in [1.82, 2.24) is 9.38 Å². The summed E-state index contributed by atoms with van der Waals surface area (Å²) in [6.45, 7) is 2.52. The smallest absolute Gasteiger partial charge is 0.335 e. The fraction of sp³-hybridized carbons (Fsp3) is 0.0909. The molecule has 0 saturated carbocycles. The highest BCUT2D eigenvalue weighted by Crippen LogP contribution is 2.27. The summed E-state index contributed by atoms with van der Waals surface area (Å²) in [6, 6.07) is 19.1. The first-order chi connectivity index (χ1) is 13.1. The monoisotopic (exact) mass is 358 g/mol. The first-order valence-corrected chi connectivity index (χ1v) is 8.60. The Balaban J connectivity index is 1.58. The fourth-order valence-corrected chi connectivity index (χ4v) is 2.96. The molecule has 4 aromatic rings. The molecular weight excluding hydrogens is 340 g/mol. The highest BCUT2D eigenvalue weighted by Gasteiger charge is 2.10. The standard InChI is InChI=1S/C22H18N2O3/c1-15-11-17(7-8-20(15)27-14-16-5-3-2-4-6-16)19-13-24-10-9-18(22(25)26)12-21(24)23-19/h2-13H,14H2,1H3,(H,25,26). The van der Waals surface area contributed by atoms with Crippen molar-refractivity contribution in [3.05, 3.63) is 89.7 Å². The van der Waals surface area contributed by atoms with E-state index >= 15 is 0 Å². The van der Waals surface area contributed by atoms with Crippen LogP contribution in [0.4, 0.5) is 0 Å². The van der Waals surface area contributed by atoms with Crippen LogP contribution in [0.25, 0.3) is 16.9 Å². The number of fused-ring (bicyclic) bond motifs is 1. The zero-order valence-corrected chi connectivity index (χ0v) is 14.8. The average molecular weight is 358 g/mol. The molecule has 4 rings (SSSR count). The molecule has 0 unspecified atom stereocenters. The van der Waals surface area contributed by atoms with Crippen LogP contribution in [-0.2, 0) is 6.61 Å². The molecule has 5 heteroatoms. The second-order valence-corrected chi connectivity index (χ2v) is 6.37. The molecule has 0 radical (unpaired) electrons. The number of rotatable bonds is 5. The van der Waals surface area contributed by atoms with Gasteiger partial charge in [0.05, 0.1) is 11.3 Å². The van der Waals surface area contributed by atoms with Crippen molar-refractivity contribution < 1.29 is 14.6 Å². The van der Waals surface area contributed by atoms with Crippen LogP contribution in [0, 0.1) is 6.92 Å². The Morgan fingerprint density at radius 1 is 1.11 bits per heavy atom. The van der Waals surface area contributed by atoms with E-state index in [-0.39, 0.29) is 5.56 Å². The lowest BCUT2D eigenvalue weighted by molar-refractivity contribution is 0.0697. The first-order valence-electron chi connectivity index (χ1n) is 8.60. The molecule has 0 atom stereocenters. The number of hydrogen-bond donors (Lipinski definition) is 1. The van der Waals surface area contributed by atoms with E-state index in [9.17, 15) is 4.79 Å². The summed E-state index contributed by atoms with van der Waals surface area (Å²) in [4.78, 5) is 15.7. The van der Waals surface area contributed by atoms with E-state index in [1.54, 1.807) is 18.3 Å². The maximum atomic E-state index is 11.1. The molecule has 1 N–H and O–H groups in total. The number of benzene rings is 2. The molecule has 5 nitrogen and oxygen atoms in total. The normalized spacial score (nSPS) is 10.9. The minimum absolute atomic E-state index is 0.223. The summed E-state index contributed by atoms with van der Waals surface area (Å²) in [5.74, 6) is -0.127. The Labute approximate surface area is 156 Å². The van der Waals surface area contributed by atoms with Gasteiger partial charge < -0.3 is 14.2 Å². The van der Waals surface area contributed by atoms with E-state index in [1.165, 1.54) is 0 Å². The van der Waals surface area contributed by atoms with E-state index in [4.69, 9.17) is 9.84 Å². The summed E-state index contributed by atoms with van der Waals surface area (Å²) in [7, 11) is 0. The van der Waals surface area contributed by atoms with Crippen LogP contribution in [0.2, 0.25) is 0 Å². The van der Waals surface area contributed by atoms with Gasteiger partial charge in [0.15, 0.2) is 0 Å². The van der Waals surface area contributed by atoms with Gasteiger partial charge >= 0.3 is 5.97 Å². The van der Waals surface area contributed by atoms with Gasteiger partial charge in [-0.3, -0.25) is 0 Å². The Kier molecular flexibility index (Phi) is 4.34. The molecule has 0 bridgehead atoms. The highest BCUT2D eigenvalue weighted by atomic mass is 16.5. The minimum Gasteiger partial charge on any atom is -0.489 e. The SMILES string of the molecule is Cc1cc(-c2cn3ccc(C(=O)O)cc3n2)ccc1OCc1ccccc1. The summed E-state index contributed by atoms with van der Waals surface area (Å²) < 4.78 is 7.74. The number of pyridine rings is 1. The van der Waals surface area contributed by atoms with Crippen LogP contribution in [0.5, 0.6) is 5.75 Å². The number of imidazole rings is 1. The average Bonchev–Trinajstić information content (AvgIpc) is 3.11. The van der Waals surface area contributed by atoms with Gasteiger partial charge in [0.1, 0.15) is 18.0 Å². The lowest BCUT2D eigenvalue weighted by Crippen LogP contribution is -1.97. The van der Waals surface area contributed by atoms with Crippen LogP contribution in [-0.4, -0.2) is 20.5 Å². The molecule has 2 aromatic heterocycles. The van der Waals surface area contributed by atoms with E-state index in [0.717, 1.165) is 28.1 Å². The third-order valence-electron chi connectivity index (χ3n) is 4.42. The van der Waals surface area contributed by atoms with Gasteiger partial charge in [0, 0.05) is 18.0 Å². The molecule has 2 aromatic carbocycles. The largest absolute Gasteiger partial charge is 0.489 e. The van der Waals surface area contributed by atoms with Crippen molar-refractivity contribution in [2.24, 2.45) is 0 Å². The van der Waals surface area contributed by atoms with E-state index in [2.05, 4.69) is 4.98 Å². The fourth-order valence-electron chi connectivity index (χ4n) is 2.96. The number of nitrogens with zero attached hydrogens (tertiary/aromatic N) is 2. The van der Waals surface area contributed by atoms with Gasteiger partial charge in [-0.15, -0.1) is 0 Å². The summed E-state index contributed by atoms with van der Waals surface area (Å²) >= 11 is 0. The lowest BCUT2D eigenvalue weighted by Gasteiger charge is -2.10. The molecule has 0 saturated heterocycles. The summed E-state index contributed by atoms with van der Waals surface area (Å²) in [5, 5.41) is 9.12. The Morgan fingerprint density at radius 3 is 2.67 bits per heavy atom. The van der Waals surface area contributed by atoms with Gasteiger partial charge in [0.2, 0.25) is 0 Å². The summed E-state index contributed by atoms with van der Waals surface area (Å²) in [6.07, 6.45) is 3.60. The van der Waals surface area contributed by atoms with Crippen molar-refractivity contribution in [2.45, 2.75) is 13.5 Å². The number of hydrogen-bond acceptors (Lipinski definition) is 3. The molecule has 134 valence electrons. The van der Waals surface area contributed by atoms with Crippen molar-refractivity contribution in [1.29, 1.82) is 0 Å². The molecule has 2 heterocycles. The van der Waals surface area contributed by atoms with Crippen LogP contribution in [0.15, 0.2) is 73.1 Å². The van der Waals surface area contributed by atoms with E-state index in [0.29, 0.717) is 12.3 Å². The van der Waals surface area contributed by atoms with E-state index < -0.39 is 5.97 Å². The predicted molar refractivity (Wildman–Crippen MR) is 103 cm³/mol. The molecule has 27 heavy (non-hydrogen) atoms. The van der Waals surface area contributed by atoms with Crippen molar-refractivity contribution in [3.63, 3.8) is 0 Å². The third-order valence-corrected chi connectivity index (χ3v) is 4.42. The first kappa shape index (κ1) is 16.8. The molecule has 0 fully saturated rings. The number of aryl methyl sites for hydroxylation is 1. The molecule has 0 aliphatic carbocycles. The van der Waals surface area contributed by atoms with Crippen LogP contribution < -0.4 is 4.74 Å². The van der Waals surface area contributed by atoms with Crippen molar-refractivity contribution >= 4 is 11.6 Å². The van der Waals surface area contributed by atoms with E-state index in [1.807, 2.05) is 66.1 Å². The molecular formula is C22H18N2O3. The van der Waals surface area contributed by atoms with Gasteiger partial charge in [-0.05, 0) is 48.4 Å². The van der Waals surface area contributed by atoms with Crippen molar-refractivity contribution in [3.8, 4) is 17.0 Å². The quantitative estimate of drug-likeness (QED) is 0.567. The second-order valence-electron chi connectivity index (χ2n) is 6.37. The molecule has 0 spiro atoms. The number of ether oxygens (including phenoxy) is 1.